The Kier molecular flexibility index (Phi) is 13.5. The predicted molar refractivity (Wildman–Crippen MR) is 80.2 cm³/mol. The van der Waals surface area contributed by atoms with Crippen molar-refractivity contribution in [1.29, 1.82) is 0 Å². The van der Waals surface area contributed by atoms with Crippen molar-refractivity contribution >= 4 is 12.0 Å². The molecule has 0 aromatic heterocycles. The van der Waals surface area contributed by atoms with Crippen LogP contribution in [0.2, 0.25) is 0 Å². The van der Waals surface area contributed by atoms with Crippen LogP contribution in [-0.4, -0.2) is 49.1 Å². The van der Waals surface area contributed by atoms with Gasteiger partial charge in [0.15, 0.2) is 0 Å². The summed E-state index contributed by atoms with van der Waals surface area (Å²) in [4.78, 5) is 19.8. The Morgan fingerprint density at radius 3 is 2.33 bits per heavy atom. The van der Waals surface area contributed by atoms with Crippen LogP contribution in [0.15, 0.2) is 36.4 Å². The van der Waals surface area contributed by atoms with Crippen LogP contribution in [0, 0.1) is 0 Å². The Hall–Kier alpha value is -1.73. The second-order valence-electron chi connectivity index (χ2n) is 3.75. The third-order valence-electron chi connectivity index (χ3n) is 2.05. The topological polar surface area (TPSA) is 88.0 Å². The fourth-order valence-corrected chi connectivity index (χ4v) is 1.16. The van der Waals surface area contributed by atoms with Crippen molar-refractivity contribution < 1.29 is 24.8 Å². The summed E-state index contributed by atoms with van der Waals surface area (Å²) in [5.41, 5.74) is 0.945. The van der Waals surface area contributed by atoms with Crippen LogP contribution in [0.1, 0.15) is 12.5 Å². The second-order valence-corrected chi connectivity index (χ2v) is 3.75. The highest BCUT2D eigenvalue weighted by Crippen LogP contribution is 2.00. The number of hydrogen-bond donors (Lipinski definition) is 3. The Bertz CT molecular complexity index is 377. The molecular weight excluding hydrogens is 274 g/mol. The molecule has 0 aliphatic heterocycles. The number of nitrogens with one attached hydrogen (secondary N) is 1. The Balaban J connectivity index is 0.000000486. The first-order valence-corrected chi connectivity index (χ1v) is 6.73. The number of carbonyl (C=O) groups is 1. The molecule has 0 atom stereocenters. The van der Waals surface area contributed by atoms with E-state index in [2.05, 4.69) is 15.1 Å². The second kappa shape index (κ2) is 14.7. The van der Waals surface area contributed by atoms with Crippen molar-refractivity contribution in [2.45, 2.75) is 6.92 Å². The van der Waals surface area contributed by atoms with Crippen molar-refractivity contribution in [2.75, 3.05) is 32.9 Å². The maximum Gasteiger partial charge on any atom is 0.365 e. The van der Waals surface area contributed by atoms with Gasteiger partial charge >= 0.3 is 5.97 Å². The van der Waals surface area contributed by atoms with Crippen molar-refractivity contribution in [3.63, 3.8) is 0 Å². The zero-order chi connectivity index (χ0) is 15.8. The van der Waals surface area contributed by atoms with Crippen LogP contribution in [-0.2, 0) is 14.6 Å². The molecule has 1 aromatic carbocycles. The minimum absolute atomic E-state index is 0.139. The molecule has 1 aromatic rings. The maximum absolute atomic E-state index is 10.9. The van der Waals surface area contributed by atoms with Gasteiger partial charge in [0.1, 0.15) is 0 Å². The van der Waals surface area contributed by atoms with E-state index < -0.39 is 5.97 Å². The number of aliphatic hydroxyl groups is 2. The highest BCUT2D eigenvalue weighted by atomic mass is 17.2. The third kappa shape index (κ3) is 13.0. The van der Waals surface area contributed by atoms with E-state index in [1.807, 2.05) is 30.3 Å². The van der Waals surface area contributed by atoms with Gasteiger partial charge in [0, 0.05) is 19.2 Å². The lowest BCUT2D eigenvalue weighted by molar-refractivity contribution is -0.264. The largest absolute Gasteiger partial charge is 0.395 e. The summed E-state index contributed by atoms with van der Waals surface area (Å²) < 4.78 is 0. The van der Waals surface area contributed by atoms with Crippen molar-refractivity contribution in [1.82, 2.24) is 5.32 Å². The van der Waals surface area contributed by atoms with E-state index in [1.54, 1.807) is 13.0 Å². The minimum Gasteiger partial charge on any atom is -0.395 e. The lowest BCUT2D eigenvalue weighted by Gasteiger charge is -1.95. The Labute approximate surface area is 124 Å². The minimum atomic E-state index is -0.504. The van der Waals surface area contributed by atoms with Gasteiger partial charge in [0.05, 0.1) is 19.8 Å². The first-order chi connectivity index (χ1) is 10.2. The van der Waals surface area contributed by atoms with Gasteiger partial charge in [0.25, 0.3) is 0 Å². The molecule has 0 unspecified atom stereocenters. The quantitative estimate of drug-likeness (QED) is 0.284. The zero-order valence-corrected chi connectivity index (χ0v) is 12.2. The third-order valence-corrected chi connectivity index (χ3v) is 2.05. The summed E-state index contributed by atoms with van der Waals surface area (Å²) in [6.45, 7) is 3.51. The number of rotatable bonds is 8. The van der Waals surface area contributed by atoms with Gasteiger partial charge in [-0.15, -0.1) is 0 Å². The van der Waals surface area contributed by atoms with Gasteiger partial charge in [-0.3, -0.25) is 4.89 Å². The molecule has 1 rings (SSSR count). The van der Waals surface area contributed by atoms with Gasteiger partial charge in [-0.2, -0.15) is 4.89 Å². The first-order valence-electron chi connectivity index (χ1n) is 6.73. The van der Waals surface area contributed by atoms with Crippen molar-refractivity contribution in [2.24, 2.45) is 0 Å². The lowest BCUT2D eigenvalue weighted by atomic mass is 10.2. The van der Waals surface area contributed by atoms with Crippen LogP contribution in [0.3, 0.4) is 0 Å². The number of carbonyl (C=O) groups excluding carboxylic acids is 1. The number of aliphatic hydroxyl groups excluding tert-OH is 2. The van der Waals surface area contributed by atoms with Crippen molar-refractivity contribution in [3.8, 4) is 0 Å². The molecule has 0 aliphatic carbocycles. The monoisotopic (exact) mass is 297 g/mol. The van der Waals surface area contributed by atoms with E-state index in [0.717, 1.165) is 5.56 Å². The van der Waals surface area contributed by atoms with E-state index in [9.17, 15) is 4.79 Å². The lowest BCUT2D eigenvalue weighted by Crippen LogP contribution is -2.21. The summed E-state index contributed by atoms with van der Waals surface area (Å²) in [6, 6.07) is 9.49. The summed E-state index contributed by atoms with van der Waals surface area (Å²) in [5, 5.41) is 19.1. The standard InChI is InChI=1S/C11H12O3.C4H11NO2/c1-2-13-14-11(12)9-8-10-6-4-3-5-7-10;6-3-1-5-2-4-7/h3-9H,2H2,1H3;5-7H,1-4H2. The van der Waals surface area contributed by atoms with E-state index in [-0.39, 0.29) is 13.2 Å². The summed E-state index contributed by atoms with van der Waals surface area (Å²) in [5.74, 6) is -0.504. The van der Waals surface area contributed by atoms with E-state index >= 15 is 0 Å². The maximum atomic E-state index is 10.9. The molecule has 0 saturated carbocycles. The Morgan fingerprint density at radius 1 is 1.19 bits per heavy atom. The molecule has 6 heteroatoms. The van der Waals surface area contributed by atoms with Gasteiger partial charge < -0.3 is 15.5 Å². The zero-order valence-electron chi connectivity index (χ0n) is 12.2. The molecule has 0 aliphatic rings. The molecule has 0 bridgehead atoms. The molecular formula is C15H23NO5. The molecule has 0 amide bonds. The van der Waals surface area contributed by atoms with Crippen LogP contribution < -0.4 is 5.32 Å². The predicted octanol–water partition coefficient (Wildman–Crippen LogP) is 0.755. The van der Waals surface area contributed by atoms with Crippen LogP contribution in [0.4, 0.5) is 0 Å². The van der Waals surface area contributed by atoms with E-state index in [1.165, 1.54) is 6.08 Å². The smallest absolute Gasteiger partial charge is 0.365 e. The van der Waals surface area contributed by atoms with Crippen LogP contribution in [0.5, 0.6) is 0 Å². The summed E-state index contributed by atoms with van der Waals surface area (Å²) >= 11 is 0. The van der Waals surface area contributed by atoms with Crippen molar-refractivity contribution in [3.05, 3.63) is 42.0 Å². The van der Waals surface area contributed by atoms with E-state index in [4.69, 9.17) is 10.2 Å². The SMILES string of the molecule is CCOOC(=O)C=Cc1ccccc1.OCCNCCO. The van der Waals surface area contributed by atoms with E-state index in [0.29, 0.717) is 19.7 Å². The normalized spacial score (nSPS) is 10.0. The number of hydrogen-bond acceptors (Lipinski definition) is 6. The first kappa shape index (κ1) is 19.3. The Morgan fingerprint density at radius 2 is 1.81 bits per heavy atom. The average molecular weight is 297 g/mol. The molecule has 21 heavy (non-hydrogen) atoms. The highest BCUT2D eigenvalue weighted by Gasteiger charge is 1.95. The fraction of sp³-hybridized carbons (Fsp3) is 0.400. The molecule has 0 saturated heterocycles. The average Bonchev–Trinajstić information content (AvgIpc) is 2.53. The van der Waals surface area contributed by atoms with Gasteiger partial charge in [-0.05, 0) is 18.6 Å². The molecule has 0 radical (unpaired) electrons. The van der Waals surface area contributed by atoms with Gasteiger partial charge in [-0.1, -0.05) is 30.3 Å². The molecule has 3 N–H and O–H groups in total. The molecule has 0 spiro atoms. The van der Waals surface area contributed by atoms with Crippen LogP contribution >= 0.6 is 0 Å². The number of benzene rings is 1. The molecule has 118 valence electrons. The van der Waals surface area contributed by atoms with Gasteiger partial charge in [-0.25, -0.2) is 4.79 Å². The molecule has 0 heterocycles. The fourth-order valence-electron chi connectivity index (χ4n) is 1.16. The van der Waals surface area contributed by atoms with Crippen LogP contribution in [0.25, 0.3) is 6.08 Å². The van der Waals surface area contributed by atoms with Gasteiger partial charge in [0.2, 0.25) is 0 Å². The summed E-state index contributed by atoms with van der Waals surface area (Å²) in [6.07, 6.45) is 2.99. The highest BCUT2D eigenvalue weighted by molar-refractivity contribution is 5.86. The molecule has 0 fully saturated rings. The summed E-state index contributed by atoms with van der Waals surface area (Å²) in [7, 11) is 0. The molecule has 6 nitrogen and oxygen atoms in total.